The molecule has 0 saturated carbocycles. The van der Waals surface area contributed by atoms with E-state index in [1.165, 1.54) is 11.8 Å². The molecule has 0 aliphatic heterocycles. The van der Waals surface area contributed by atoms with Crippen LogP contribution in [-0.4, -0.2) is 11.5 Å². The Morgan fingerprint density at radius 2 is 2.33 bits per heavy atom. The van der Waals surface area contributed by atoms with Crippen LogP contribution in [0.1, 0.15) is 10.4 Å². The van der Waals surface area contributed by atoms with Crippen molar-refractivity contribution in [1.82, 2.24) is 0 Å². The molecule has 0 radical (unpaired) electrons. The molecule has 0 spiro atoms. The third kappa shape index (κ3) is 2.25. The van der Waals surface area contributed by atoms with Crippen LogP contribution in [0.15, 0.2) is 27.6 Å². The SMILES string of the molecule is O=Cc1c(Br)cccc1SCCl. The molecule has 64 valence electrons. The zero-order valence-electron chi connectivity index (χ0n) is 6.09. The van der Waals surface area contributed by atoms with E-state index in [4.69, 9.17) is 11.6 Å². The number of hydrogen-bond acceptors (Lipinski definition) is 2. The van der Waals surface area contributed by atoms with Gasteiger partial charge >= 0.3 is 0 Å². The topological polar surface area (TPSA) is 17.1 Å². The lowest BCUT2D eigenvalue weighted by Crippen LogP contribution is -1.86. The first-order valence-corrected chi connectivity index (χ1v) is 5.53. The molecule has 0 aliphatic rings. The molecule has 0 unspecified atom stereocenters. The van der Waals surface area contributed by atoms with Crippen molar-refractivity contribution in [1.29, 1.82) is 0 Å². The average molecular weight is 266 g/mol. The summed E-state index contributed by atoms with van der Waals surface area (Å²) in [4.78, 5) is 11.5. The highest BCUT2D eigenvalue weighted by Crippen LogP contribution is 2.27. The Kier molecular flexibility index (Phi) is 4.12. The first kappa shape index (κ1) is 10.1. The van der Waals surface area contributed by atoms with Gasteiger partial charge in [0.15, 0.2) is 6.29 Å². The van der Waals surface area contributed by atoms with Gasteiger partial charge in [-0.1, -0.05) is 22.0 Å². The summed E-state index contributed by atoms with van der Waals surface area (Å²) in [6.45, 7) is 0. The highest BCUT2D eigenvalue weighted by Gasteiger charge is 2.04. The minimum atomic E-state index is 0.456. The minimum Gasteiger partial charge on any atom is -0.298 e. The van der Waals surface area contributed by atoms with Gasteiger partial charge in [-0.2, -0.15) is 0 Å². The Morgan fingerprint density at radius 1 is 1.58 bits per heavy atom. The van der Waals surface area contributed by atoms with Gasteiger partial charge in [0.2, 0.25) is 0 Å². The van der Waals surface area contributed by atoms with Crippen molar-refractivity contribution in [2.24, 2.45) is 0 Å². The van der Waals surface area contributed by atoms with Crippen LogP contribution in [0.3, 0.4) is 0 Å². The fourth-order valence-corrected chi connectivity index (χ4v) is 2.37. The van der Waals surface area contributed by atoms with Gasteiger partial charge in [-0.25, -0.2) is 0 Å². The van der Waals surface area contributed by atoms with Crippen molar-refractivity contribution < 1.29 is 4.79 Å². The quantitative estimate of drug-likeness (QED) is 0.472. The van der Waals surface area contributed by atoms with Gasteiger partial charge in [-0.05, 0) is 12.1 Å². The molecule has 4 heteroatoms. The van der Waals surface area contributed by atoms with E-state index in [9.17, 15) is 4.79 Å². The van der Waals surface area contributed by atoms with Gasteiger partial charge < -0.3 is 0 Å². The van der Waals surface area contributed by atoms with Crippen molar-refractivity contribution in [3.63, 3.8) is 0 Å². The smallest absolute Gasteiger partial charge is 0.152 e. The molecule has 0 heterocycles. The molecule has 0 atom stereocenters. The van der Waals surface area contributed by atoms with Crippen LogP contribution in [0.25, 0.3) is 0 Å². The molecule has 0 N–H and O–H groups in total. The summed E-state index contributed by atoms with van der Waals surface area (Å²) in [5.41, 5.74) is 0.670. The predicted molar refractivity (Wildman–Crippen MR) is 56.1 cm³/mol. The van der Waals surface area contributed by atoms with Gasteiger partial charge in [-0.3, -0.25) is 4.79 Å². The van der Waals surface area contributed by atoms with E-state index in [0.717, 1.165) is 15.7 Å². The first-order valence-electron chi connectivity index (χ1n) is 3.22. The average Bonchev–Trinajstić information content (AvgIpc) is 2.05. The molecule has 1 nitrogen and oxygen atoms in total. The highest BCUT2D eigenvalue weighted by atomic mass is 79.9. The Bertz CT molecular complexity index is 290. The number of carbonyl (C=O) groups excluding carboxylic acids is 1. The molecule has 0 aliphatic carbocycles. The monoisotopic (exact) mass is 264 g/mol. The number of halogens is 2. The van der Waals surface area contributed by atoms with E-state index >= 15 is 0 Å². The molecule has 1 aromatic carbocycles. The number of thioether (sulfide) groups is 1. The van der Waals surface area contributed by atoms with Crippen LogP contribution in [0.2, 0.25) is 0 Å². The largest absolute Gasteiger partial charge is 0.298 e. The van der Waals surface area contributed by atoms with Crippen LogP contribution < -0.4 is 0 Å². The maximum atomic E-state index is 10.6. The first-order chi connectivity index (χ1) is 5.79. The zero-order chi connectivity index (χ0) is 8.97. The lowest BCUT2D eigenvalue weighted by molar-refractivity contribution is 0.112. The summed E-state index contributed by atoms with van der Waals surface area (Å²) in [5, 5.41) is 0.456. The minimum absolute atomic E-state index is 0.456. The van der Waals surface area contributed by atoms with Crippen LogP contribution in [-0.2, 0) is 0 Å². The predicted octanol–water partition coefficient (Wildman–Crippen LogP) is 3.55. The number of alkyl halides is 1. The summed E-state index contributed by atoms with van der Waals surface area (Å²) in [7, 11) is 0. The fraction of sp³-hybridized carbons (Fsp3) is 0.125. The summed E-state index contributed by atoms with van der Waals surface area (Å²) in [6, 6.07) is 5.59. The number of carbonyl (C=O) groups is 1. The maximum Gasteiger partial charge on any atom is 0.152 e. The Balaban J connectivity index is 3.09. The van der Waals surface area contributed by atoms with Crippen LogP contribution in [0.4, 0.5) is 0 Å². The second-order valence-electron chi connectivity index (χ2n) is 2.02. The van der Waals surface area contributed by atoms with Gasteiger partial charge in [0.05, 0.1) is 5.21 Å². The number of aldehydes is 1. The lowest BCUT2D eigenvalue weighted by Gasteiger charge is -2.02. The normalized spacial score (nSPS) is 9.83. The van der Waals surface area contributed by atoms with Gasteiger partial charge in [-0.15, -0.1) is 23.4 Å². The Morgan fingerprint density at radius 3 is 2.92 bits per heavy atom. The molecular formula is C8H6BrClOS. The molecule has 12 heavy (non-hydrogen) atoms. The van der Waals surface area contributed by atoms with Crippen molar-refractivity contribution in [3.8, 4) is 0 Å². The lowest BCUT2D eigenvalue weighted by atomic mass is 10.2. The standard InChI is InChI=1S/C8H6BrClOS/c9-7-2-1-3-8(12-5-10)6(7)4-11/h1-4H,5H2. The molecular weight excluding hydrogens is 260 g/mol. The molecule has 0 amide bonds. The number of hydrogen-bond donors (Lipinski definition) is 0. The Hall–Kier alpha value is 0.01000. The second kappa shape index (κ2) is 4.90. The Labute approximate surface area is 88.6 Å². The van der Waals surface area contributed by atoms with Gasteiger partial charge in [0.25, 0.3) is 0 Å². The van der Waals surface area contributed by atoms with Crippen LogP contribution >= 0.6 is 39.3 Å². The van der Waals surface area contributed by atoms with E-state index in [0.29, 0.717) is 10.8 Å². The third-order valence-corrected chi connectivity index (χ3v) is 3.14. The van der Waals surface area contributed by atoms with E-state index < -0.39 is 0 Å². The van der Waals surface area contributed by atoms with E-state index in [2.05, 4.69) is 15.9 Å². The highest BCUT2D eigenvalue weighted by molar-refractivity contribution is 9.10. The zero-order valence-corrected chi connectivity index (χ0v) is 9.25. The molecule has 1 rings (SSSR count). The molecule has 0 fully saturated rings. The summed E-state index contributed by atoms with van der Waals surface area (Å²) in [5.74, 6) is 0. The molecule has 0 bridgehead atoms. The number of benzene rings is 1. The molecule has 0 aromatic heterocycles. The van der Waals surface area contributed by atoms with Gasteiger partial charge in [0, 0.05) is 14.9 Å². The summed E-state index contributed by atoms with van der Waals surface area (Å²) in [6.07, 6.45) is 0.832. The van der Waals surface area contributed by atoms with Crippen molar-refractivity contribution in [3.05, 3.63) is 28.2 Å². The van der Waals surface area contributed by atoms with E-state index in [-0.39, 0.29) is 0 Å². The maximum absolute atomic E-state index is 10.6. The third-order valence-electron chi connectivity index (χ3n) is 1.34. The summed E-state index contributed by atoms with van der Waals surface area (Å²) >= 11 is 10.3. The van der Waals surface area contributed by atoms with Crippen molar-refractivity contribution in [2.75, 3.05) is 5.21 Å². The van der Waals surface area contributed by atoms with Gasteiger partial charge in [0.1, 0.15) is 0 Å². The van der Waals surface area contributed by atoms with E-state index in [1.54, 1.807) is 0 Å². The fourth-order valence-electron chi connectivity index (χ4n) is 0.816. The second-order valence-corrected chi connectivity index (χ2v) is 4.48. The van der Waals surface area contributed by atoms with Crippen molar-refractivity contribution in [2.45, 2.75) is 4.90 Å². The van der Waals surface area contributed by atoms with Crippen LogP contribution in [0, 0.1) is 0 Å². The van der Waals surface area contributed by atoms with E-state index in [1.807, 2.05) is 18.2 Å². The van der Waals surface area contributed by atoms with Crippen molar-refractivity contribution >= 4 is 45.6 Å². The molecule has 1 aromatic rings. The van der Waals surface area contributed by atoms with Crippen LogP contribution in [0.5, 0.6) is 0 Å². The summed E-state index contributed by atoms with van der Waals surface area (Å²) < 4.78 is 0.813. The number of rotatable bonds is 3. The molecule has 0 saturated heterocycles.